The molecule has 2 rings (SSSR count). The maximum atomic E-state index is 13.4. The van der Waals surface area contributed by atoms with Crippen molar-refractivity contribution in [3.05, 3.63) is 36.0 Å². The van der Waals surface area contributed by atoms with Crippen LogP contribution >= 0.6 is 11.8 Å². The minimum Gasteiger partial charge on any atom is -0.480 e. The molecule has 1 heterocycles. The predicted molar refractivity (Wildman–Crippen MR) is 169 cm³/mol. The van der Waals surface area contributed by atoms with E-state index in [1.54, 1.807) is 18.0 Å². The molecule has 0 radical (unpaired) electrons. The maximum absolute atomic E-state index is 13.4. The molecule has 1 aromatic carbocycles. The first-order valence-corrected chi connectivity index (χ1v) is 15.7. The number of nitrogens with two attached hydrogens (primary N) is 4. The number of aliphatic carboxylic acids is 1. The van der Waals surface area contributed by atoms with Gasteiger partial charge in [0.1, 0.15) is 18.1 Å². The Morgan fingerprint density at radius 3 is 2.19 bits per heavy atom. The lowest BCUT2D eigenvalue weighted by Crippen LogP contribution is -2.57. The first kappa shape index (κ1) is 35.4. The Labute approximate surface area is 255 Å². The molecule has 0 aliphatic carbocycles. The van der Waals surface area contributed by atoms with Crippen LogP contribution in [0.25, 0.3) is 10.9 Å². The molecule has 0 saturated heterocycles. The Hall–Kier alpha value is -3.82. The number of aromatic nitrogens is 1. The van der Waals surface area contributed by atoms with E-state index in [0.717, 1.165) is 16.5 Å². The number of aromatic amines is 1. The number of carbonyl (C=O) groups excluding carboxylic acids is 3. The van der Waals surface area contributed by atoms with Crippen LogP contribution < -0.4 is 38.9 Å². The van der Waals surface area contributed by atoms with Crippen LogP contribution in [0, 0.1) is 0 Å². The van der Waals surface area contributed by atoms with Crippen molar-refractivity contribution in [3.63, 3.8) is 0 Å². The van der Waals surface area contributed by atoms with Crippen LogP contribution in [0.2, 0.25) is 0 Å². The summed E-state index contributed by atoms with van der Waals surface area (Å²) in [6, 6.07) is 3.29. The summed E-state index contributed by atoms with van der Waals surface area (Å²) in [5.74, 6) is -2.41. The Morgan fingerprint density at radius 1 is 0.930 bits per heavy atom. The molecule has 0 aliphatic heterocycles. The van der Waals surface area contributed by atoms with Crippen molar-refractivity contribution >= 4 is 52.3 Å². The molecule has 13 N–H and O–H groups in total. The van der Waals surface area contributed by atoms with Crippen LogP contribution in [0.1, 0.15) is 44.1 Å². The second kappa shape index (κ2) is 18.7. The molecule has 43 heavy (non-hydrogen) atoms. The smallest absolute Gasteiger partial charge is 0.326 e. The molecular formula is C28H45N9O5S. The highest BCUT2D eigenvalue weighted by Gasteiger charge is 2.30. The summed E-state index contributed by atoms with van der Waals surface area (Å²) in [5, 5.41) is 18.7. The van der Waals surface area contributed by atoms with Gasteiger partial charge in [-0.1, -0.05) is 18.2 Å². The standard InChI is InChI=1S/C28H45N9O5S/c1-43-14-11-19(30)24(38)35-21(9-4-5-12-29)25(39)36-22(10-6-13-33-28(31)32)26(40)37-23(27(41)42)15-17-16-34-20-8-3-2-7-18(17)20/h2-3,7-8,16,19,21-23,34H,4-6,9-15,29-30H2,1H3,(H,35,38)(H,36,39)(H,37,40)(H,41,42)(H4,31,32,33). The molecule has 3 amide bonds. The SMILES string of the molecule is CSCCC(N)C(=O)NC(CCCCN)C(=O)NC(CCCN=C(N)N)C(=O)NC(Cc1c[nH]c2ccccc12)C(=O)O. The Bertz CT molecular complexity index is 1230. The second-order valence-electron chi connectivity index (χ2n) is 10.2. The average Bonchev–Trinajstić information content (AvgIpc) is 3.38. The lowest BCUT2D eigenvalue weighted by Gasteiger charge is -2.25. The topological polar surface area (TPSA) is 257 Å². The van der Waals surface area contributed by atoms with E-state index in [4.69, 9.17) is 22.9 Å². The van der Waals surface area contributed by atoms with E-state index in [1.807, 2.05) is 30.5 Å². The number of guanidine groups is 1. The highest BCUT2D eigenvalue weighted by molar-refractivity contribution is 7.98. The zero-order valence-electron chi connectivity index (χ0n) is 24.5. The highest BCUT2D eigenvalue weighted by Crippen LogP contribution is 2.19. The maximum Gasteiger partial charge on any atom is 0.326 e. The lowest BCUT2D eigenvalue weighted by molar-refractivity contribution is -0.142. The molecular weight excluding hydrogens is 574 g/mol. The summed E-state index contributed by atoms with van der Waals surface area (Å²) in [6.07, 6.45) is 5.98. The van der Waals surface area contributed by atoms with E-state index in [2.05, 4.69) is 25.9 Å². The van der Waals surface area contributed by atoms with Gasteiger partial charge in [-0.05, 0) is 68.7 Å². The first-order valence-electron chi connectivity index (χ1n) is 14.3. The molecule has 2 aromatic rings. The summed E-state index contributed by atoms with van der Waals surface area (Å²) in [7, 11) is 0. The van der Waals surface area contributed by atoms with E-state index < -0.39 is 47.9 Å². The first-order chi connectivity index (χ1) is 20.6. The van der Waals surface area contributed by atoms with Gasteiger partial charge >= 0.3 is 5.97 Å². The zero-order valence-corrected chi connectivity index (χ0v) is 25.3. The Kier molecular flexibility index (Phi) is 15.4. The number of rotatable bonds is 20. The van der Waals surface area contributed by atoms with Crippen molar-refractivity contribution in [2.24, 2.45) is 27.9 Å². The van der Waals surface area contributed by atoms with Gasteiger partial charge in [0, 0.05) is 30.1 Å². The van der Waals surface area contributed by atoms with Gasteiger partial charge in [0.2, 0.25) is 17.7 Å². The van der Waals surface area contributed by atoms with E-state index in [0.29, 0.717) is 38.0 Å². The van der Waals surface area contributed by atoms with Crippen molar-refractivity contribution in [3.8, 4) is 0 Å². The largest absolute Gasteiger partial charge is 0.480 e. The highest BCUT2D eigenvalue weighted by atomic mass is 32.2. The molecule has 15 heteroatoms. The number of unbranched alkanes of at least 4 members (excludes halogenated alkanes) is 1. The Balaban J connectivity index is 2.21. The third kappa shape index (κ3) is 12.1. The van der Waals surface area contributed by atoms with Crippen molar-refractivity contribution < 1.29 is 24.3 Å². The number of nitrogens with one attached hydrogen (secondary N) is 4. The number of hydrogen-bond donors (Lipinski definition) is 9. The number of hydrogen-bond acceptors (Lipinski definition) is 8. The third-order valence-corrected chi connectivity index (χ3v) is 7.49. The average molecular weight is 620 g/mol. The predicted octanol–water partition coefficient (Wildman–Crippen LogP) is -0.488. The minimum atomic E-state index is -1.27. The van der Waals surface area contributed by atoms with Crippen molar-refractivity contribution in [1.82, 2.24) is 20.9 Å². The second-order valence-corrected chi connectivity index (χ2v) is 11.2. The minimum absolute atomic E-state index is 0.0193. The summed E-state index contributed by atoms with van der Waals surface area (Å²) in [6.45, 7) is 0.610. The lowest BCUT2D eigenvalue weighted by atomic mass is 10.0. The fraction of sp³-hybridized carbons (Fsp3) is 0.536. The number of benzene rings is 1. The number of carbonyl (C=O) groups is 4. The number of para-hydroxylation sites is 1. The van der Waals surface area contributed by atoms with E-state index in [1.165, 1.54) is 0 Å². The van der Waals surface area contributed by atoms with Gasteiger partial charge in [-0.25, -0.2) is 4.79 Å². The molecule has 0 aliphatic rings. The quantitative estimate of drug-likeness (QED) is 0.0522. The fourth-order valence-electron chi connectivity index (χ4n) is 4.45. The normalized spacial score (nSPS) is 13.8. The molecule has 4 atom stereocenters. The monoisotopic (exact) mass is 619 g/mol. The number of nitrogens with zero attached hydrogens (tertiary/aromatic N) is 1. The summed E-state index contributed by atoms with van der Waals surface area (Å²) >= 11 is 1.55. The molecule has 4 unspecified atom stereocenters. The summed E-state index contributed by atoms with van der Waals surface area (Å²) in [5.41, 5.74) is 24.0. The van der Waals surface area contributed by atoms with Gasteiger partial charge in [0.25, 0.3) is 0 Å². The molecule has 0 spiro atoms. The van der Waals surface area contributed by atoms with Crippen molar-refractivity contribution in [2.75, 3.05) is 25.1 Å². The van der Waals surface area contributed by atoms with Gasteiger partial charge in [-0.2, -0.15) is 11.8 Å². The van der Waals surface area contributed by atoms with Crippen LogP contribution in [0.4, 0.5) is 0 Å². The number of carboxylic acids is 1. The van der Waals surface area contributed by atoms with E-state index in [-0.39, 0.29) is 31.8 Å². The van der Waals surface area contributed by atoms with Crippen molar-refractivity contribution in [2.45, 2.75) is 69.1 Å². The van der Waals surface area contributed by atoms with Crippen molar-refractivity contribution in [1.29, 1.82) is 0 Å². The van der Waals surface area contributed by atoms with E-state index >= 15 is 0 Å². The van der Waals surface area contributed by atoms with Gasteiger partial charge < -0.3 is 49.0 Å². The summed E-state index contributed by atoms with van der Waals surface area (Å²) < 4.78 is 0. The molecule has 0 fully saturated rings. The van der Waals surface area contributed by atoms with Crippen LogP contribution in [-0.4, -0.2) is 89.0 Å². The Morgan fingerprint density at radius 2 is 1.56 bits per heavy atom. The van der Waals surface area contributed by atoms with Gasteiger partial charge in [-0.3, -0.25) is 19.4 Å². The number of carboxylic acid groups (broad SMARTS) is 1. The fourth-order valence-corrected chi connectivity index (χ4v) is 4.94. The van der Waals surface area contributed by atoms with Crippen LogP contribution in [0.3, 0.4) is 0 Å². The van der Waals surface area contributed by atoms with Crippen LogP contribution in [0.15, 0.2) is 35.5 Å². The van der Waals surface area contributed by atoms with Gasteiger partial charge in [-0.15, -0.1) is 0 Å². The number of thioether (sulfide) groups is 1. The summed E-state index contributed by atoms with van der Waals surface area (Å²) in [4.78, 5) is 58.8. The number of fused-ring (bicyclic) bond motifs is 1. The number of aliphatic imine (C=N–C) groups is 1. The molecule has 0 bridgehead atoms. The number of amides is 3. The molecule has 1 aromatic heterocycles. The third-order valence-electron chi connectivity index (χ3n) is 6.84. The zero-order chi connectivity index (χ0) is 31.8. The molecule has 238 valence electrons. The molecule has 0 saturated carbocycles. The van der Waals surface area contributed by atoms with Gasteiger partial charge in [0.05, 0.1) is 6.04 Å². The van der Waals surface area contributed by atoms with Crippen LogP contribution in [0.5, 0.6) is 0 Å². The van der Waals surface area contributed by atoms with E-state index in [9.17, 15) is 24.3 Å². The van der Waals surface area contributed by atoms with Crippen LogP contribution in [-0.2, 0) is 25.6 Å². The molecule has 14 nitrogen and oxygen atoms in total. The van der Waals surface area contributed by atoms with Gasteiger partial charge in [0.15, 0.2) is 5.96 Å². The number of H-pyrrole nitrogens is 1.